The fraction of sp³-hybridized carbons (Fsp3) is 0.182. The van der Waals surface area contributed by atoms with E-state index in [4.69, 9.17) is 0 Å². The number of allylic oxidation sites excluding steroid dienone is 1. The molecule has 1 N–H and O–H groups in total. The van der Waals surface area contributed by atoms with Gasteiger partial charge in [-0.3, -0.25) is 5.10 Å². The number of nitrogens with zero attached hydrogens (tertiary/aromatic N) is 1. The monoisotopic (exact) mass is 204 g/mol. The molecule has 3 heteroatoms. The molecular weight excluding hydrogens is 192 g/mol. The maximum Gasteiger partial charge on any atom is 0.0722 e. The van der Waals surface area contributed by atoms with Crippen molar-refractivity contribution in [3.05, 3.63) is 36.0 Å². The molecule has 0 atom stereocenters. The third-order valence-electron chi connectivity index (χ3n) is 2.10. The summed E-state index contributed by atoms with van der Waals surface area (Å²) in [5.74, 6) is 0.884. The van der Waals surface area contributed by atoms with Crippen LogP contribution in [0.5, 0.6) is 0 Å². The van der Waals surface area contributed by atoms with E-state index in [1.165, 1.54) is 5.56 Å². The minimum atomic E-state index is 0.884. The molecule has 0 spiro atoms. The molecule has 1 aromatic heterocycles. The van der Waals surface area contributed by atoms with E-state index in [-0.39, 0.29) is 0 Å². The zero-order valence-corrected chi connectivity index (χ0v) is 8.67. The van der Waals surface area contributed by atoms with Gasteiger partial charge >= 0.3 is 0 Å². The normalized spacial score (nSPS) is 11.5. The number of H-pyrrole nitrogens is 1. The van der Waals surface area contributed by atoms with Gasteiger partial charge in [0.05, 0.1) is 11.7 Å². The second-order valence-corrected chi connectivity index (χ2v) is 3.54. The predicted molar refractivity (Wildman–Crippen MR) is 63.6 cm³/mol. The first-order valence-electron chi connectivity index (χ1n) is 4.61. The smallest absolute Gasteiger partial charge is 0.0722 e. The molecule has 0 aliphatic carbocycles. The summed E-state index contributed by atoms with van der Waals surface area (Å²) in [5, 5.41) is 8.16. The molecule has 0 aliphatic heterocycles. The van der Waals surface area contributed by atoms with Crippen LogP contribution in [0.25, 0.3) is 17.0 Å². The summed E-state index contributed by atoms with van der Waals surface area (Å²) >= 11 is 4.16. The van der Waals surface area contributed by atoms with Crippen molar-refractivity contribution in [2.24, 2.45) is 0 Å². The van der Waals surface area contributed by atoms with Crippen molar-refractivity contribution in [3.8, 4) is 0 Å². The first-order chi connectivity index (χ1) is 6.92. The van der Waals surface area contributed by atoms with Crippen molar-refractivity contribution in [1.29, 1.82) is 0 Å². The van der Waals surface area contributed by atoms with E-state index in [1.54, 1.807) is 0 Å². The Bertz CT molecular complexity index is 445. The number of rotatable bonds is 3. The van der Waals surface area contributed by atoms with Crippen molar-refractivity contribution >= 4 is 29.6 Å². The number of aromatic nitrogens is 2. The standard InChI is InChI=1S/C11H12N2S/c14-7-2-1-4-9-5-3-6-10-8-12-13-11(9)10/h1,3-6,8,14H,2,7H2,(H,12,13). The fourth-order valence-electron chi connectivity index (χ4n) is 1.42. The van der Waals surface area contributed by atoms with Crippen LogP contribution in [-0.4, -0.2) is 16.0 Å². The molecule has 72 valence electrons. The molecule has 14 heavy (non-hydrogen) atoms. The summed E-state index contributed by atoms with van der Waals surface area (Å²) in [5.41, 5.74) is 2.28. The molecule has 0 fully saturated rings. The molecule has 1 aromatic carbocycles. The number of hydrogen-bond donors (Lipinski definition) is 2. The van der Waals surface area contributed by atoms with Crippen molar-refractivity contribution in [3.63, 3.8) is 0 Å². The zero-order valence-electron chi connectivity index (χ0n) is 7.77. The molecule has 0 aliphatic rings. The first kappa shape index (κ1) is 9.34. The van der Waals surface area contributed by atoms with Crippen LogP contribution >= 0.6 is 12.6 Å². The Morgan fingerprint density at radius 2 is 2.36 bits per heavy atom. The van der Waals surface area contributed by atoms with Gasteiger partial charge in [0.15, 0.2) is 0 Å². The van der Waals surface area contributed by atoms with Crippen LogP contribution in [0.15, 0.2) is 30.5 Å². The number of benzene rings is 1. The van der Waals surface area contributed by atoms with E-state index in [9.17, 15) is 0 Å². The van der Waals surface area contributed by atoms with Crippen LogP contribution in [0.3, 0.4) is 0 Å². The lowest BCUT2D eigenvalue weighted by Crippen LogP contribution is -1.76. The minimum absolute atomic E-state index is 0.884. The van der Waals surface area contributed by atoms with Crippen LogP contribution in [0.4, 0.5) is 0 Å². The second kappa shape index (κ2) is 4.33. The Labute approximate surface area is 88.4 Å². The molecule has 0 unspecified atom stereocenters. The van der Waals surface area contributed by atoms with Gasteiger partial charge in [0.2, 0.25) is 0 Å². The number of hydrogen-bond acceptors (Lipinski definition) is 2. The third kappa shape index (κ3) is 1.82. The number of para-hydroxylation sites is 1. The zero-order chi connectivity index (χ0) is 9.80. The number of fused-ring (bicyclic) bond motifs is 1. The summed E-state index contributed by atoms with van der Waals surface area (Å²) < 4.78 is 0. The van der Waals surface area contributed by atoms with Gasteiger partial charge in [-0.05, 0) is 17.7 Å². The highest BCUT2D eigenvalue weighted by molar-refractivity contribution is 7.80. The molecule has 2 nitrogen and oxygen atoms in total. The lowest BCUT2D eigenvalue weighted by atomic mass is 10.1. The molecule has 0 radical (unpaired) electrons. The Morgan fingerprint density at radius 3 is 3.21 bits per heavy atom. The summed E-state index contributed by atoms with van der Waals surface area (Å²) in [7, 11) is 0. The van der Waals surface area contributed by atoms with Gasteiger partial charge in [0.25, 0.3) is 0 Å². The maximum absolute atomic E-state index is 4.16. The largest absolute Gasteiger partial charge is 0.277 e. The van der Waals surface area contributed by atoms with Gasteiger partial charge in [-0.1, -0.05) is 30.4 Å². The van der Waals surface area contributed by atoms with Crippen LogP contribution < -0.4 is 0 Å². The van der Waals surface area contributed by atoms with Gasteiger partial charge < -0.3 is 0 Å². The SMILES string of the molecule is SCCC=Cc1cccc2cn[nH]c12. The van der Waals surface area contributed by atoms with E-state index in [1.807, 2.05) is 12.3 Å². The van der Waals surface area contributed by atoms with Crippen LogP contribution in [-0.2, 0) is 0 Å². The lowest BCUT2D eigenvalue weighted by Gasteiger charge is -1.94. The Kier molecular flexibility index (Phi) is 2.89. The summed E-state index contributed by atoms with van der Waals surface area (Å²) in [6.07, 6.45) is 7.07. The molecule has 0 saturated heterocycles. The first-order valence-corrected chi connectivity index (χ1v) is 5.24. The Hall–Kier alpha value is -1.22. The molecular formula is C11H12N2S. The summed E-state index contributed by atoms with van der Waals surface area (Å²) in [6.45, 7) is 0. The molecule has 2 aromatic rings. The fourth-order valence-corrected chi connectivity index (χ4v) is 1.56. The van der Waals surface area contributed by atoms with E-state index in [0.29, 0.717) is 0 Å². The quantitative estimate of drug-likeness (QED) is 0.739. The van der Waals surface area contributed by atoms with Crippen molar-refractivity contribution in [1.82, 2.24) is 10.2 Å². The average Bonchev–Trinajstić information content (AvgIpc) is 2.67. The van der Waals surface area contributed by atoms with Crippen LogP contribution in [0.2, 0.25) is 0 Å². The summed E-state index contributed by atoms with van der Waals surface area (Å²) in [6, 6.07) is 6.17. The molecule has 0 bridgehead atoms. The molecule has 0 amide bonds. The maximum atomic E-state index is 4.16. The van der Waals surface area contributed by atoms with E-state index >= 15 is 0 Å². The predicted octanol–water partition coefficient (Wildman–Crippen LogP) is 2.90. The van der Waals surface area contributed by atoms with Gasteiger partial charge in [0, 0.05) is 5.39 Å². The van der Waals surface area contributed by atoms with E-state index in [0.717, 1.165) is 23.1 Å². The molecule has 1 heterocycles. The average molecular weight is 204 g/mol. The van der Waals surface area contributed by atoms with Gasteiger partial charge in [-0.25, -0.2) is 0 Å². The van der Waals surface area contributed by atoms with Crippen molar-refractivity contribution in [2.45, 2.75) is 6.42 Å². The minimum Gasteiger partial charge on any atom is -0.277 e. The third-order valence-corrected chi connectivity index (χ3v) is 2.36. The number of thiol groups is 1. The molecule has 2 rings (SSSR count). The number of aromatic amines is 1. The highest BCUT2D eigenvalue weighted by atomic mass is 32.1. The van der Waals surface area contributed by atoms with Gasteiger partial charge in [-0.2, -0.15) is 17.7 Å². The highest BCUT2D eigenvalue weighted by Gasteiger charge is 1.97. The van der Waals surface area contributed by atoms with Gasteiger partial charge in [-0.15, -0.1) is 0 Å². The lowest BCUT2D eigenvalue weighted by molar-refractivity contribution is 1.12. The van der Waals surface area contributed by atoms with Crippen molar-refractivity contribution in [2.75, 3.05) is 5.75 Å². The summed E-state index contributed by atoms with van der Waals surface area (Å²) in [4.78, 5) is 0. The Balaban J connectivity index is 2.36. The van der Waals surface area contributed by atoms with Gasteiger partial charge in [0.1, 0.15) is 0 Å². The van der Waals surface area contributed by atoms with E-state index < -0.39 is 0 Å². The van der Waals surface area contributed by atoms with E-state index in [2.05, 4.69) is 47.1 Å². The van der Waals surface area contributed by atoms with Crippen LogP contribution in [0, 0.1) is 0 Å². The Morgan fingerprint density at radius 1 is 1.43 bits per heavy atom. The number of nitrogens with one attached hydrogen (secondary N) is 1. The van der Waals surface area contributed by atoms with Crippen molar-refractivity contribution < 1.29 is 0 Å². The highest BCUT2D eigenvalue weighted by Crippen LogP contribution is 2.16. The topological polar surface area (TPSA) is 28.7 Å². The second-order valence-electron chi connectivity index (χ2n) is 3.10. The van der Waals surface area contributed by atoms with Crippen LogP contribution in [0.1, 0.15) is 12.0 Å². The molecule has 0 saturated carbocycles.